The second-order valence-corrected chi connectivity index (χ2v) is 12.1. The summed E-state index contributed by atoms with van der Waals surface area (Å²) in [6, 6.07) is 8.48. The number of nitrogens with zero attached hydrogens (tertiary/aromatic N) is 3. The van der Waals surface area contributed by atoms with Crippen LogP contribution in [0, 0.1) is 0 Å². The zero-order valence-electron chi connectivity index (χ0n) is 20.3. The Labute approximate surface area is 206 Å². The van der Waals surface area contributed by atoms with Crippen molar-refractivity contribution in [3.63, 3.8) is 0 Å². The van der Waals surface area contributed by atoms with Crippen LogP contribution in [-0.4, -0.2) is 72.7 Å². The van der Waals surface area contributed by atoms with Crippen molar-refractivity contribution in [2.24, 2.45) is 0 Å². The topological polar surface area (TPSA) is 134 Å². The van der Waals surface area contributed by atoms with Gasteiger partial charge in [0.25, 0.3) is 0 Å². The van der Waals surface area contributed by atoms with E-state index in [4.69, 9.17) is 9.72 Å². The minimum absolute atomic E-state index is 0.104. The standard InChI is InChI=1S/C24H33N5O5S/c1-16-13-34-11-10-29(16)21-12-19(14-35(32,33)20-8-9-20)25-22(27-21)17-4-6-18(7-5-17)26-23(31)28-24(2,3)15-30/h4-7,12,16,20,30H,8-11,13-15H2,1-3H3,(H2,26,28,31)/t16-/m0/s1. The number of benzene rings is 1. The fourth-order valence-electron chi connectivity index (χ4n) is 3.86. The average Bonchev–Trinajstić information content (AvgIpc) is 3.65. The molecule has 1 atom stereocenters. The van der Waals surface area contributed by atoms with Crippen molar-refractivity contribution in [3.05, 3.63) is 36.0 Å². The molecule has 1 aliphatic heterocycles. The Balaban J connectivity index is 1.59. The molecule has 11 heteroatoms. The smallest absolute Gasteiger partial charge is 0.319 e. The molecule has 2 heterocycles. The molecule has 1 saturated carbocycles. The number of hydrogen-bond donors (Lipinski definition) is 3. The normalized spacial score (nSPS) is 18.9. The number of aromatic nitrogens is 2. The molecule has 2 aliphatic rings. The van der Waals surface area contributed by atoms with Crippen LogP contribution < -0.4 is 15.5 Å². The summed E-state index contributed by atoms with van der Waals surface area (Å²) >= 11 is 0. The molecule has 1 aliphatic carbocycles. The molecule has 2 amide bonds. The summed E-state index contributed by atoms with van der Waals surface area (Å²) in [5.74, 6) is 0.999. The molecule has 2 fully saturated rings. The number of nitrogens with one attached hydrogen (secondary N) is 2. The molecule has 1 saturated heterocycles. The number of urea groups is 1. The number of hydrogen-bond acceptors (Lipinski definition) is 8. The number of aliphatic hydroxyl groups excluding tert-OH is 1. The summed E-state index contributed by atoms with van der Waals surface area (Å²) in [7, 11) is -3.24. The van der Waals surface area contributed by atoms with Gasteiger partial charge < -0.3 is 25.4 Å². The first kappa shape index (κ1) is 25.3. The van der Waals surface area contributed by atoms with E-state index >= 15 is 0 Å². The molecule has 0 radical (unpaired) electrons. The number of carbonyl (C=O) groups is 1. The third kappa shape index (κ3) is 6.47. The van der Waals surface area contributed by atoms with Gasteiger partial charge in [-0.2, -0.15) is 0 Å². The van der Waals surface area contributed by atoms with Crippen molar-refractivity contribution in [2.75, 3.05) is 36.6 Å². The van der Waals surface area contributed by atoms with E-state index in [0.717, 1.165) is 0 Å². The van der Waals surface area contributed by atoms with E-state index in [-0.39, 0.29) is 23.7 Å². The number of rotatable bonds is 8. The Morgan fingerprint density at radius 1 is 1.23 bits per heavy atom. The van der Waals surface area contributed by atoms with E-state index in [1.54, 1.807) is 44.2 Å². The van der Waals surface area contributed by atoms with Gasteiger partial charge in [0.15, 0.2) is 15.7 Å². The van der Waals surface area contributed by atoms with Crippen LogP contribution in [0.4, 0.5) is 16.3 Å². The Bertz CT molecular complexity index is 1170. The summed E-state index contributed by atoms with van der Waals surface area (Å²) in [5.41, 5.74) is 1.00. The highest BCUT2D eigenvalue weighted by atomic mass is 32.2. The van der Waals surface area contributed by atoms with Gasteiger partial charge in [-0.3, -0.25) is 0 Å². The molecule has 190 valence electrons. The summed E-state index contributed by atoms with van der Waals surface area (Å²) in [6.07, 6.45) is 1.43. The van der Waals surface area contributed by atoms with E-state index < -0.39 is 21.4 Å². The van der Waals surface area contributed by atoms with Gasteiger partial charge in [-0.1, -0.05) is 0 Å². The van der Waals surface area contributed by atoms with E-state index in [1.807, 2.05) is 6.92 Å². The first-order chi connectivity index (χ1) is 16.6. The first-order valence-corrected chi connectivity index (χ1v) is 13.5. The number of amides is 2. The van der Waals surface area contributed by atoms with Crippen molar-refractivity contribution in [3.8, 4) is 11.4 Å². The lowest BCUT2D eigenvalue weighted by Crippen LogP contribution is -2.48. The van der Waals surface area contributed by atoms with Crippen LogP contribution in [0.2, 0.25) is 0 Å². The molecule has 1 aromatic carbocycles. The minimum Gasteiger partial charge on any atom is -0.394 e. The molecule has 35 heavy (non-hydrogen) atoms. The molecule has 0 spiro atoms. The van der Waals surface area contributed by atoms with Crippen LogP contribution in [0.3, 0.4) is 0 Å². The van der Waals surface area contributed by atoms with Gasteiger partial charge in [0.1, 0.15) is 5.82 Å². The van der Waals surface area contributed by atoms with Gasteiger partial charge in [-0.15, -0.1) is 0 Å². The van der Waals surface area contributed by atoms with Crippen LogP contribution in [-0.2, 0) is 20.3 Å². The molecule has 1 aromatic heterocycles. The van der Waals surface area contributed by atoms with Gasteiger partial charge in [0, 0.05) is 23.9 Å². The fraction of sp³-hybridized carbons (Fsp3) is 0.542. The SMILES string of the molecule is C[C@H]1COCCN1c1cc(CS(=O)(=O)C2CC2)nc(-c2ccc(NC(=O)NC(C)(C)CO)cc2)n1. The summed E-state index contributed by atoms with van der Waals surface area (Å²) in [6.45, 7) is 7.11. The quantitative estimate of drug-likeness (QED) is 0.500. The van der Waals surface area contributed by atoms with Crippen LogP contribution in [0.25, 0.3) is 11.4 Å². The Morgan fingerprint density at radius 2 is 1.94 bits per heavy atom. The van der Waals surface area contributed by atoms with Crippen molar-refractivity contribution in [1.29, 1.82) is 0 Å². The third-order valence-corrected chi connectivity index (χ3v) is 8.24. The Morgan fingerprint density at radius 3 is 2.57 bits per heavy atom. The number of aliphatic hydroxyl groups is 1. The predicted molar refractivity (Wildman–Crippen MR) is 134 cm³/mol. The number of anilines is 2. The molecule has 10 nitrogen and oxygen atoms in total. The van der Waals surface area contributed by atoms with Crippen LogP contribution in [0.1, 0.15) is 39.3 Å². The fourth-order valence-corrected chi connectivity index (χ4v) is 5.51. The van der Waals surface area contributed by atoms with Crippen LogP contribution >= 0.6 is 0 Å². The Hall–Kier alpha value is -2.76. The number of morpholine rings is 1. The van der Waals surface area contributed by atoms with E-state index in [1.165, 1.54) is 0 Å². The second-order valence-electron chi connectivity index (χ2n) is 9.86. The van der Waals surface area contributed by atoms with Crippen molar-refractivity contribution >= 4 is 27.4 Å². The first-order valence-electron chi connectivity index (χ1n) is 11.8. The minimum atomic E-state index is -3.24. The third-order valence-electron chi connectivity index (χ3n) is 6.06. The highest BCUT2D eigenvalue weighted by molar-refractivity contribution is 7.91. The molecule has 4 rings (SSSR count). The summed E-state index contributed by atoms with van der Waals surface area (Å²) in [5, 5.41) is 14.5. The van der Waals surface area contributed by atoms with Crippen molar-refractivity contribution < 1.29 is 23.1 Å². The molecular formula is C24H33N5O5S. The molecular weight excluding hydrogens is 470 g/mol. The van der Waals surface area contributed by atoms with Crippen LogP contribution in [0.5, 0.6) is 0 Å². The van der Waals surface area contributed by atoms with Crippen LogP contribution in [0.15, 0.2) is 30.3 Å². The highest BCUT2D eigenvalue weighted by Gasteiger charge is 2.36. The summed E-state index contributed by atoms with van der Waals surface area (Å²) in [4.78, 5) is 23.7. The van der Waals surface area contributed by atoms with Gasteiger partial charge in [-0.05, 0) is 57.9 Å². The molecule has 0 unspecified atom stereocenters. The Kier molecular flexibility index (Phi) is 7.30. The summed E-state index contributed by atoms with van der Waals surface area (Å²) < 4.78 is 30.9. The largest absolute Gasteiger partial charge is 0.394 e. The van der Waals surface area contributed by atoms with Gasteiger partial charge >= 0.3 is 6.03 Å². The predicted octanol–water partition coefficient (Wildman–Crippen LogP) is 2.34. The van der Waals surface area contributed by atoms with Gasteiger partial charge in [0.05, 0.1) is 48.1 Å². The lowest BCUT2D eigenvalue weighted by Gasteiger charge is -2.34. The maximum Gasteiger partial charge on any atom is 0.319 e. The molecule has 2 aromatic rings. The zero-order valence-corrected chi connectivity index (χ0v) is 21.1. The number of sulfone groups is 1. The highest BCUT2D eigenvalue weighted by Crippen LogP contribution is 2.32. The van der Waals surface area contributed by atoms with Crippen molar-refractivity contribution in [1.82, 2.24) is 15.3 Å². The van der Waals surface area contributed by atoms with Gasteiger partial charge in [-0.25, -0.2) is 23.2 Å². The average molecular weight is 504 g/mol. The monoisotopic (exact) mass is 503 g/mol. The van der Waals surface area contributed by atoms with Crippen molar-refractivity contribution in [2.45, 2.75) is 56.2 Å². The second kappa shape index (κ2) is 10.1. The zero-order chi connectivity index (χ0) is 25.2. The molecule has 3 N–H and O–H groups in total. The molecule has 0 bridgehead atoms. The lowest BCUT2D eigenvalue weighted by atomic mass is 10.1. The number of ether oxygens (including phenoxy) is 1. The van der Waals surface area contributed by atoms with E-state index in [9.17, 15) is 18.3 Å². The lowest BCUT2D eigenvalue weighted by molar-refractivity contribution is 0.0985. The van der Waals surface area contributed by atoms with E-state index in [2.05, 4.69) is 20.5 Å². The van der Waals surface area contributed by atoms with Gasteiger partial charge in [0.2, 0.25) is 0 Å². The van der Waals surface area contributed by atoms with E-state index in [0.29, 0.717) is 61.2 Å². The maximum absolute atomic E-state index is 12.7. The number of carbonyl (C=O) groups excluding carboxylic acids is 1. The maximum atomic E-state index is 12.7.